The highest BCUT2D eigenvalue weighted by Gasteiger charge is 2.51. The van der Waals surface area contributed by atoms with Gasteiger partial charge >= 0.3 is 7.12 Å². The molecule has 1 aromatic rings. The third-order valence-corrected chi connectivity index (χ3v) is 5.79. The van der Waals surface area contributed by atoms with Crippen LogP contribution in [0, 0.1) is 5.92 Å². The van der Waals surface area contributed by atoms with Gasteiger partial charge in [0.25, 0.3) is 0 Å². The Labute approximate surface area is 153 Å². The molecule has 0 spiro atoms. The van der Waals surface area contributed by atoms with Crippen LogP contribution in [0.2, 0.25) is 0 Å². The molecule has 1 heterocycles. The fourth-order valence-corrected chi connectivity index (χ4v) is 3.25. The summed E-state index contributed by atoms with van der Waals surface area (Å²) in [5.41, 5.74) is 0.702. The van der Waals surface area contributed by atoms with Crippen LogP contribution in [0.5, 0.6) is 0 Å². The fraction of sp³-hybridized carbons (Fsp3) is 0.632. The Morgan fingerprint density at radius 3 is 2.04 bits per heavy atom. The van der Waals surface area contributed by atoms with E-state index in [-0.39, 0.29) is 37.5 Å². The largest absolute Gasteiger partial charge is 0.494 e. The van der Waals surface area contributed by atoms with Crippen molar-refractivity contribution >= 4 is 24.2 Å². The summed E-state index contributed by atoms with van der Waals surface area (Å²) in [6.45, 7) is 7.98. The number of halogens is 2. The van der Waals surface area contributed by atoms with E-state index in [0.717, 1.165) is 5.46 Å². The fourth-order valence-electron chi connectivity index (χ4n) is 3.25. The summed E-state index contributed by atoms with van der Waals surface area (Å²) in [6, 6.07) is 7.28. The third-order valence-electron chi connectivity index (χ3n) is 5.79. The van der Waals surface area contributed by atoms with Gasteiger partial charge in [-0.3, -0.25) is 4.79 Å². The minimum atomic E-state index is -2.62. The van der Waals surface area contributed by atoms with Gasteiger partial charge in [0.1, 0.15) is 0 Å². The van der Waals surface area contributed by atoms with Crippen LogP contribution in [0.25, 0.3) is 0 Å². The van der Waals surface area contributed by atoms with E-state index in [0.29, 0.717) is 5.69 Å². The quantitative estimate of drug-likeness (QED) is 0.830. The molecule has 7 heteroatoms. The number of hydrogen-bond acceptors (Lipinski definition) is 3. The summed E-state index contributed by atoms with van der Waals surface area (Å²) in [5.74, 6) is -3.16. The second-order valence-electron chi connectivity index (χ2n) is 8.33. The van der Waals surface area contributed by atoms with Crippen molar-refractivity contribution in [3.05, 3.63) is 24.3 Å². The molecule has 1 N–H and O–H groups in total. The first kappa shape index (κ1) is 19.3. The Bertz CT molecular complexity index is 650. The van der Waals surface area contributed by atoms with Crippen molar-refractivity contribution in [2.24, 2.45) is 5.92 Å². The molecule has 0 aromatic heterocycles. The summed E-state index contributed by atoms with van der Waals surface area (Å²) in [7, 11) is -0.453. The van der Waals surface area contributed by atoms with E-state index in [1.54, 1.807) is 12.1 Å². The van der Waals surface area contributed by atoms with Crippen molar-refractivity contribution in [2.75, 3.05) is 5.32 Å². The van der Waals surface area contributed by atoms with Crippen molar-refractivity contribution in [1.29, 1.82) is 0 Å². The van der Waals surface area contributed by atoms with Crippen molar-refractivity contribution in [3.63, 3.8) is 0 Å². The molecule has 26 heavy (non-hydrogen) atoms. The van der Waals surface area contributed by atoms with Crippen molar-refractivity contribution in [1.82, 2.24) is 0 Å². The number of hydrogen-bond donors (Lipinski definition) is 1. The average molecular weight is 365 g/mol. The Kier molecular flexibility index (Phi) is 4.90. The third kappa shape index (κ3) is 3.93. The zero-order valence-electron chi connectivity index (χ0n) is 15.8. The van der Waals surface area contributed by atoms with Crippen LogP contribution in [-0.2, 0) is 14.1 Å². The van der Waals surface area contributed by atoms with Gasteiger partial charge in [-0.2, -0.15) is 0 Å². The van der Waals surface area contributed by atoms with Gasteiger partial charge in [0, 0.05) is 24.4 Å². The highest BCUT2D eigenvalue weighted by molar-refractivity contribution is 6.62. The molecule has 0 bridgehead atoms. The molecule has 0 radical (unpaired) electrons. The van der Waals surface area contributed by atoms with Crippen LogP contribution in [-0.4, -0.2) is 30.2 Å². The molecule has 1 amide bonds. The Morgan fingerprint density at radius 1 is 1.04 bits per heavy atom. The van der Waals surface area contributed by atoms with Gasteiger partial charge in [0.2, 0.25) is 11.8 Å². The Morgan fingerprint density at radius 2 is 1.54 bits per heavy atom. The molecule has 1 aromatic carbocycles. The lowest BCUT2D eigenvalue weighted by Gasteiger charge is -2.32. The van der Waals surface area contributed by atoms with E-state index < -0.39 is 24.2 Å². The zero-order valence-corrected chi connectivity index (χ0v) is 15.8. The minimum Gasteiger partial charge on any atom is -0.399 e. The summed E-state index contributed by atoms with van der Waals surface area (Å²) in [5, 5.41) is 2.82. The SMILES string of the molecule is CC1(C)OB(c2ccc(NC(=O)C3CCC(F)(F)CC3)cc2)OC1(C)C. The Balaban J connectivity index is 1.59. The van der Waals surface area contributed by atoms with E-state index in [1.807, 2.05) is 39.8 Å². The van der Waals surface area contributed by atoms with Crippen LogP contribution in [0.4, 0.5) is 14.5 Å². The van der Waals surface area contributed by atoms with Crippen molar-refractivity contribution in [3.8, 4) is 0 Å². The number of anilines is 1. The first-order chi connectivity index (χ1) is 12.0. The van der Waals surface area contributed by atoms with Gasteiger partial charge in [-0.1, -0.05) is 12.1 Å². The predicted molar refractivity (Wildman–Crippen MR) is 97.7 cm³/mol. The lowest BCUT2D eigenvalue weighted by molar-refractivity contribution is -0.124. The number of rotatable bonds is 3. The van der Waals surface area contributed by atoms with Gasteiger partial charge in [0.15, 0.2) is 0 Å². The van der Waals surface area contributed by atoms with Crippen molar-refractivity contribution in [2.45, 2.75) is 70.5 Å². The van der Waals surface area contributed by atoms with Crippen LogP contribution in [0.1, 0.15) is 53.4 Å². The molecular formula is C19H26BF2NO3. The van der Waals surface area contributed by atoms with Gasteiger partial charge < -0.3 is 14.6 Å². The molecule has 3 rings (SSSR count). The van der Waals surface area contributed by atoms with Crippen LogP contribution < -0.4 is 10.8 Å². The number of nitrogens with one attached hydrogen (secondary N) is 1. The van der Waals surface area contributed by atoms with Crippen LogP contribution in [0.3, 0.4) is 0 Å². The topological polar surface area (TPSA) is 47.6 Å². The molecule has 2 fully saturated rings. The molecular weight excluding hydrogens is 339 g/mol. The molecule has 0 unspecified atom stereocenters. The van der Waals surface area contributed by atoms with E-state index in [9.17, 15) is 13.6 Å². The van der Waals surface area contributed by atoms with Crippen LogP contribution >= 0.6 is 0 Å². The molecule has 4 nitrogen and oxygen atoms in total. The maximum absolute atomic E-state index is 13.2. The van der Waals surface area contributed by atoms with E-state index >= 15 is 0 Å². The maximum Gasteiger partial charge on any atom is 0.494 e. The standard InChI is InChI=1S/C19H26BF2NO3/c1-17(2)18(3,4)26-20(25-17)14-5-7-15(8-6-14)23-16(24)13-9-11-19(21,22)12-10-13/h5-8,13H,9-12H2,1-4H3,(H,23,24). The molecule has 1 aliphatic heterocycles. The number of benzene rings is 1. The molecule has 2 aliphatic rings. The number of alkyl halides is 2. The summed E-state index contributed by atoms with van der Waals surface area (Å²) in [6.07, 6.45) is 0.0214. The summed E-state index contributed by atoms with van der Waals surface area (Å²) in [4.78, 5) is 12.3. The normalized spacial score (nSPS) is 24.5. The predicted octanol–water partition coefficient (Wildman–Crippen LogP) is 3.75. The lowest BCUT2D eigenvalue weighted by atomic mass is 9.79. The monoisotopic (exact) mass is 365 g/mol. The highest BCUT2D eigenvalue weighted by Crippen LogP contribution is 2.37. The number of carbonyl (C=O) groups is 1. The first-order valence-corrected chi connectivity index (χ1v) is 9.13. The van der Waals surface area contributed by atoms with Gasteiger partial charge in [-0.15, -0.1) is 0 Å². The highest BCUT2D eigenvalue weighted by atomic mass is 19.3. The maximum atomic E-state index is 13.2. The van der Waals surface area contributed by atoms with E-state index in [1.165, 1.54) is 0 Å². The molecule has 1 saturated carbocycles. The van der Waals surface area contributed by atoms with Gasteiger partial charge in [0.05, 0.1) is 11.2 Å². The number of amides is 1. The summed E-state index contributed by atoms with van der Waals surface area (Å²) < 4.78 is 38.4. The molecule has 142 valence electrons. The van der Waals surface area contributed by atoms with Crippen LogP contribution in [0.15, 0.2) is 24.3 Å². The summed E-state index contributed by atoms with van der Waals surface area (Å²) >= 11 is 0. The lowest BCUT2D eigenvalue weighted by Crippen LogP contribution is -2.41. The second kappa shape index (κ2) is 6.61. The van der Waals surface area contributed by atoms with Gasteiger partial charge in [-0.05, 0) is 58.1 Å². The smallest absolute Gasteiger partial charge is 0.399 e. The number of carbonyl (C=O) groups excluding carboxylic acids is 1. The minimum absolute atomic E-state index is 0.191. The second-order valence-corrected chi connectivity index (χ2v) is 8.33. The first-order valence-electron chi connectivity index (χ1n) is 9.13. The Hall–Kier alpha value is -1.47. The van der Waals surface area contributed by atoms with E-state index in [4.69, 9.17) is 9.31 Å². The molecule has 1 saturated heterocycles. The zero-order chi connectivity index (χ0) is 19.2. The van der Waals surface area contributed by atoms with E-state index in [2.05, 4.69) is 5.32 Å². The molecule has 1 aliphatic carbocycles. The molecule has 0 atom stereocenters. The van der Waals surface area contributed by atoms with Crippen molar-refractivity contribution < 1.29 is 22.9 Å². The van der Waals surface area contributed by atoms with Gasteiger partial charge in [-0.25, -0.2) is 8.78 Å². The average Bonchev–Trinajstić information content (AvgIpc) is 2.76.